The highest BCUT2D eigenvalue weighted by Gasteiger charge is 2.67. The number of nitrogens with zero attached hydrogens (tertiary/aromatic N) is 2. The molecule has 4 aromatic rings. The Morgan fingerprint density at radius 3 is 2.59 bits per heavy atom. The fourth-order valence-electron chi connectivity index (χ4n) is 4.80. The summed E-state index contributed by atoms with van der Waals surface area (Å²) in [5, 5.41) is 9.79. The monoisotopic (exact) mass is 520 g/mol. The molecule has 0 saturated heterocycles. The zero-order chi connectivity index (χ0) is 24.0. The minimum atomic E-state index is -0.751. The van der Waals surface area contributed by atoms with Gasteiger partial charge in [-0.05, 0) is 53.8 Å². The molecule has 2 atom stereocenters. The lowest BCUT2D eigenvalue weighted by Crippen LogP contribution is -2.38. The molecule has 7 heteroatoms. The lowest BCUT2D eigenvalue weighted by atomic mass is 10.1. The first-order valence-electron chi connectivity index (χ1n) is 11.3. The van der Waals surface area contributed by atoms with Gasteiger partial charge in [-0.2, -0.15) is 0 Å². The number of H-pyrrole nitrogens is 1. The van der Waals surface area contributed by atoms with Gasteiger partial charge in [-0.3, -0.25) is 9.78 Å². The van der Waals surface area contributed by atoms with Gasteiger partial charge in [0.25, 0.3) is 5.82 Å². The summed E-state index contributed by atoms with van der Waals surface area (Å²) >= 11 is 3.50. The predicted molar refractivity (Wildman–Crippen MR) is 133 cm³/mol. The van der Waals surface area contributed by atoms with Crippen molar-refractivity contribution in [1.82, 2.24) is 9.97 Å². The Kier molecular flexibility index (Phi) is 5.68. The van der Waals surface area contributed by atoms with Crippen LogP contribution in [0.3, 0.4) is 0 Å². The summed E-state index contributed by atoms with van der Waals surface area (Å²) in [5.41, 5.74) is 4.74. The molecule has 0 radical (unpaired) electrons. The molecule has 1 saturated carbocycles. The zero-order valence-electron chi connectivity index (χ0n) is 19.4. The van der Waals surface area contributed by atoms with Crippen molar-refractivity contribution in [3.05, 3.63) is 87.9 Å². The maximum Gasteiger partial charge on any atom is 0.308 e. The third kappa shape index (κ3) is 4.20. The summed E-state index contributed by atoms with van der Waals surface area (Å²) < 4.78 is 9.28. The smallest absolute Gasteiger partial charge is 0.308 e. The van der Waals surface area contributed by atoms with E-state index in [0.717, 1.165) is 43.9 Å². The summed E-state index contributed by atoms with van der Waals surface area (Å²) in [6, 6.07) is 18.2. The number of pyridine rings is 1. The van der Waals surface area contributed by atoms with Crippen LogP contribution < -0.4 is 9.30 Å². The fourth-order valence-corrected chi connectivity index (χ4v) is 5.07. The van der Waals surface area contributed by atoms with Gasteiger partial charge in [-0.1, -0.05) is 48.0 Å². The van der Waals surface area contributed by atoms with Gasteiger partial charge < -0.3 is 9.84 Å². The molecule has 6 nitrogen and oxygen atoms in total. The van der Waals surface area contributed by atoms with Gasteiger partial charge in [0, 0.05) is 16.7 Å². The Morgan fingerprint density at radius 1 is 1.18 bits per heavy atom. The van der Waals surface area contributed by atoms with E-state index in [1.807, 2.05) is 69.4 Å². The largest absolute Gasteiger partial charge is 0.487 e. The highest BCUT2D eigenvalue weighted by atomic mass is 79.9. The maximum absolute atomic E-state index is 11.9. The Hall–Kier alpha value is -3.19. The number of aromatic amines is 1. The molecule has 2 aromatic heterocycles. The third-order valence-corrected chi connectivity index (χ3v) is 7.34. The van der Waals surface area contributed by atoms with Crippen molar-refractivity contribution in [1.29, 1.82) is 0 Å². The van der Waals surface area contributed by atoms with Crippen molar-refractivity contribution in [3.63, 3.8) is 0 Å². The third-order valence-electron chi connectivity index (χ3n) is 6.81. The molecule has 0 aliphatic heterocycles. The van der Waals surface area contributed by atoms with Gasteiger partial charge in [-0.15, -0.1) is 0 Å². The van der Waals surface area contributed by atoms with Crippen LogP contribution in [-0.2, 0) is 17.9 Å². The van der Waals surface area contributed by atoms with E-state index in [4.69, 9.17) is 4.74 Å². The first-order valence-corrected chi connectivity index (χ1v) is 12.1. The number of nitrogens with one attached hydrogen (secondary N) is 1. The first-order chi connectivity index (χ1) is 16.2. The summed E-state index contributed by atoms with van der Waals surface area (Å²) in [6.45, 7) is 7.07. The topological polar surface area (TPSA) is 79.1 Å². The average Bonchev–Trinajstić information content (AvgIpc) is 3.22. The van der Waals surface area contributed by atoms with E-state index in [9.17, 15) is 9.90 Å². The summed E-state index contributed by atoms with van der Waals surface area (Å²) in [4.78, 5) is 19.9. The van der Waals surface area contributed by atoms with E-state index in [1.165, 1.54) is 0 Å². The van der Waals surface area contributed by atoms with E-state index >= 15 is 0 Å². The minimum Gasteiger partial charge on any atom is -0.487 e. The van der Waals surface area contributed by atoms with E-state index in [2.05, 4.69) is 42.6 Å². The Balaban J connectivity index is 1.52. The second-order valence-electron chi connectivity index (χ2n) is 9.63. The standard InChI is InChI=1S/C27H26BrN3O3/c1-16-4-9-19(29-13-16)15-34-20-10-11-21-22(12-20)31(14-17-5-7-18(28)8-6-17)25(30-21)23-24(26(32)33)27(23,2)3/h4-13,23-24H,14-15H2,1-3H3,(H,32,33)/p+1/t23-,24-/m0/s1. The van der Waals surface area contributed by atoms with Crippen molar-refractivity contribution in [2.75, 3.05) is 0 Å². The van der Waals surface area contributed by atoms with Crippen molar-refractivity contribution >= 4 is 32.9 Å². The van der Waals surface area contributed by atoms with E-state index in [0.29, 0.717) is 13.2 Å². The van der Waals surface area contributed by atoms with Crippen LogP contribution in [0, 0.1) is 18.3 Å². The van der Waals surface area contributed by atoms with E-state index in [-0.39, 0.29) is 11.3 Å². The second-order valence-corrected chi connectivity index (χ2v) is 10.5. The van der Waals surface area contributed by atoms with Crippen LogP contribution in [0.1, 0.15) is 42.4 Å². The molecule has 0 amide bonds. The molecule has 0 bridgehead atoms. The molecule has 2 heterocycles. The summed E-state index contributed by atoms with van der Waals surface area (Å²) in [7, 11) is 0. The lowest BCUT2D eigenvalue weighted by Gasteiger charge is -2.07. The van der Waals surface area contributed by atoms with Crippen LogP contribution in [0.25, 0.3) is 11.0 Å². The van der Waals surface area contributed by atoms with Gasteiger partial charge in [0.1, 0.15) is 18.9 Å². The van der Waals surface area contributed by atoms with Gasteiger partial charge in [0.2, 0.25) is 0 Å². The quantitative estimate of drug-likeness (QED) is 0.321. The molecule has 1 fully saturated rings. The van der Waals surface area contributed by atoms with Crippen molar-refractivity contribution in [2.24, 2.45) is 11.3 Å². The Morgan fingerprint density at radius 2 is 1.94 bits per heavy atom. The van der Waals surface area contributed by atoms with Crippen LogP contribution in [-0.4, -0.2) is 21.0 Å². The lowest BCUT2D eigenvalue weighted by molar-refractivity contribution is -0.670. The molecule has 2 aromatic carbocycles. The number of fused-ring (bicyclic) bond motifs is 1. The van der Waals surface area contributed by atoms with Crippen LogP contribution in [0.4, 0.5) is 0 Å². The Labute approximate surface area is 206 Å². The molecular formula is C27H27BrN3O3+. The molecule has 1 aliphatic rings. The predicted octanol–water partition coefficient (Wildman–Crippen LogP) is 5.37. The molecule has 0 unspecified atom stereocenters. The van der Waals surface area contributed by atoms with Crippen LogP contribution >= 0.6 is 15.9 Å². The minimum absolute atomic E-state index is 0.0889. The number of hydrogen-bond acceptors (Lipinski definition) is 3. The number of aromatic nitrogens is 3. The number of ether oxygens (including phenoxy) is 1. The van der Waals surface area contributed by atoms with Crippen molar-refractivity contribution in [2.45, 2.75) is 39.8 Å². The normalized spacial score (nSPS) is 18.7. The highest BCUT2D eigenvalue weighted by Crippen LogP contribution is 2.63. The van der Waals surface area contributed by atoms with Crippen molar-refractivity contribution in [3.8, 4) is 5.75 Å². The van der Waals surface area contributed by atoms with E-state index in [1.54, 1.807) is 0 Å². The SMILES string of the molecule is Cc1ccc(COc2ccc3[nH]c([C@@H]4[C@@H](C(=O)O)C4(C)C)[n+](Cc4ccc(Br)cc4)c3c2)nc1. The summed E-state index contributed by atoms with van der Waals surface area (Å²) in [5.74, 6) is 0.426. The molecule has 5 rings (SSSR count). The molecule has 0 spiro atoms. The Bertz CT molecular complexity index is 1360. The number of rotatable bonds is 7. The number of halogens is 1. The zero-order valence-corrected chi connectivity index (χ0v) is 21.0. The number of hydrogen-bond donors (Lipinski definition) is 2. The second kappa shape index (κ2) is 8.55. The highest BCUT2D eigenvalue weighted by molar-refractivity contribution is 9.10. The molecule has 34 heavy (non-hydrogen) atoms. The van der Waals surface area contributed by atoms with Crippen LogP contribution in [0.5, 0.6) is 5.75 Å². The molecule has 174 valence electrons. The average molecular weight is 521 g/mol. The number of carboxylic acids is 1. The molecular weight excluding hydrogens is 494 g/mol. The van der Waals surface area contributed by atoms with Gasteiger partial charge >= 0.3 is 5.97 Å². The van der Waals surface area contributed by atoms with Crippen molar-refractivity contribution < 1.29 is 19.2 Å². The van der Waals surface area contributed by atoms with Gasteiger partial charge in [0.15, 0.2) is 11.0 Å². The molecule has 1 aliphatic carbocycles. The van der Waals surface area contributed by atoms with Crippen LogP contribution in [0.2, 0.25) is 0 Å². The number of aliphatic carboxylic acids is 1. The first kappa shape index (κ1) is 22.6. The fraction of sp³-hybridized carbons (Fsp3) is 0.296. The molecule has 2 N–H and O–H groups in total. The van der Waals surface area contributed by atoms with Gasteiger partial charge in [0.05, 0.1) is 17.5 Å². The summed E-state index contributed by atoms with van der Waals surface area (Å²) in [6.07, 6.45) is 1.84. The number of aryl methyl sites for hydroxylation is 1. The number of carboxylic acid groups (broad SMARTS) is 1. The van der Waals surface area contributed by atoms with E-state index < -0.39 is 11.9 Å². The van der Waals surface area contributed by atoms with Gasteiger partial charge in [-0.25, -0.2) is 9.55 Å². The maximum atomic E-state index is 11.9. The number of benzene rings is 2. The number of imidazole rings is 1. The van der Waals surface area contributed by atoms with Crippen LogP contribution in [0.15, 0.2) is 65.3 Å². The number of carbonyl (C=O) groups is 1.